The molecule has 0 aliphatic heterocycles. The van der Waals surface area contributed by atoms with Gasteiger partial charge in [0.2, 0.25) is 5.89 Å². The van der Waals surface area contributed by atoms with E-state index in [1.54, 1.807) is 39.7 Å². The molecule has 0 N–H and O–H groups in total. The lowest BCUT2D eigenvalue weighted by molar-refractivity contribution is 0.537. The van der Waals surface area contributed by atoms with Crippen LogP contribution in [0.1, 0.15) is 17.0 Å². The van der Waals surface area contributed by atoms with Gasteiger partial charge in [-0.05, 0) is 44.2 Å². The molecule has 6 nitrogen and oxygen atoms in total. The largest absolute Gasteiger partial charge is 0.441 e. The van der Waals surface area contributed by atoms with E-state index in [0.717, 1.165) is 16.8 Å². The Bertz CT molecular complexity index is 1440. The number of benzene rings is 2. The second-order valence-corrected chi connectivity index (χ2v) is 7.92. The van der Waals surface area contributed by atoms with E-state index in [2.05, 4.69) is 10.1 Å². The predicted molar refractivity (Wildman–Crippen MR) is 120 cm³/mol. The molecule has 7 heteroatoms. The van der Waals surface area contributed by atoms with Crippen molar-refractivity contribution in [2.45, 2.75) is 20.4 Å². The number of aryl methyl sites for hydroxylation is 2. The van der Waals surface area contributed by atoms with Gasteiger partial charge >= 0.3 is 0 Å². The minimum atomic E-state index is -0.144. The summed E-state index contributed by atoms with van der Waals surface area (Å²) in [5, 5.41) is 5.17. The summed E-state index contributed by atoms with van der Waals surface area (Å²) in [6.45, 7) is 4.21. The van der Waals surface area contributed by atoms with Crippen LogP contribution in [0.4, 0.5) is 0 Å². The van der Waals surface area contributed by atoms with E-state index in [0.29, 0.717) is 34.4 Å². The first-order valence-corrected chi connectivity index (χ1v) is 10.2. The van der Waals surface area contributed by atoms with Crippen LogP contribution < -0.4 is 5.56 Å². The summed E-state index contributed by atoms with van der Waals surface area (Å²) in [6.07, 6.45) is 3.49. The summed E-state index contributed by atoms with van der Waals surface area (Å²) in [5.74, 6) is 1.24. The van der Waals surface area contributed by atoms with E-state index < -0.39 is 0 Å². The summed E-state index contributed by atoms with van der Waals surface area (Å²) in [6, 6.07) is 17.2. The molecular weight excluding hydrogens is 412 g/mol. The van der Waals surface area contributed by atoms with Crippen LogP contribution in [-0.4, -0.2) is 19.2 Å². The van der Waals surface area contributed by atoms with E-state index in [1.807, 2.05) is 50.2 Å². The SMILES string of the molecule is Cc1ccc(-c2nc(Cn3ccn4nc(-c5ccc(Cl)cc5)cc4c3=O)c(C)o2)cc1. The van der Waals surface area contributed by atoms with E-state index in [1.165, 1.54) is 5.56 Å². The van der Waals surface area contributed by atoms with E-state index in [4.69, 9.17) is 16.0 Å². The summed E-state index contributed by atoms with van der Waals surface area (Å²) < 4.78 is 9.07. The molecule has 5 rings (SSSR count). The van der Waals surface area contributed by atoms with Gasteiger partial charge in [0.15, 0.2) is 0 Å². The third-order valence-electron chi connectivity index (χ3n) is 5.25. The smallest absolute Gasteiger partial charge is 0.276 e. The second kappa shape index (κ2) is 7.56. The average Bonchev–Trinajstić information content (AvgIpc) is 3.36. The lowest BCUT2D eigenvalue weighted by Gasteiger charge is -2.04. The van der Waals surface area contributed by atoms with Gasteiger partial charge < -0.3 is 8.98 Å². The maximum Gasteiger partial charge on any atom is 0.276 e. The Labute approximate surface area is 183 Å². The van der Waals surface area contributed by atoms with Crippen LogP contribution >= 0.6 is 11.6 Å². The van der Waals surface area contributed by atoms with Gasteiger partial charge in [-0.3, -0.25) is 4.79 Å². The number of hydrogen-bond acceptors (Lipinski definition) is 4. The molecule has 0 aliphatic carbocycles. The molecule has 0 unspecified atom stereocenters. The van der Waals surface area contributed by atoms with Gasteiger partial charge in [-0.15, -0.1) is 0 Å². The standard InChI is InChI=1S/C24H19ClN4O2/c1-15-3-5-18(6-4-15)23-26-21(16(2)31-23)14-28-11-12-29-22(24(28)30)13-20(27-29)17-7-9-19(25)10-8-17/h3-13H,14H2,1-2H3. The number of halogens is 1. The molecule has 0 aliphatic rings. The first-order valence-electron chi connectivity index (χ1n) is 9.86. The molecule has 3 aromatic heterocycles. The molecule has 0 spiro atoms. The maximum absolute atomic E-state index is 13.1. The minimum Gasteiger partial charge on any atom is -0.441 e. The zero-order valence-corrected chi connectivity index (χ0v) is 17.8. The fourth-order valence-corrected chi connectivity index (χ4v) is 3.59. The maximum atomic E-state index is 13.1. The summed E-state index contributed by atoms with van der Waals surface area (Å²) in [5.41, 5.74) is 4.76. The molecule has 0 fully saturated rings. The molecule has 31 heavy (non-hydrogen) atoms. The fourth-order valence-electron chi connectivity index (χ4n) is 3.47. The van der Waals surface area contributed by atoms with E-state index >= 15 is 0 Å². The van der Waals surface area contributed by atoms with Crippen molar-refractivity contribution >= 4 is 17.1 Å². The Morgan fingerprint density at radius 1 is 0.968 bits per heavy atom. The van der Waals surface area contributed by atoms with Crippen molar-refractivity contribution in [1.82, 2.24) is 19.2 Å². The van der Waals surface area contributed by atoms with Gasteiger partial charge in [0.1, 0.15) is 17.0 Å². The van der Waals surface area contributed by atoms with E-state index in [-0.39, 0.29) is 5.56 Å². The third-order valence-corrected chi connectivity index (χ3v) is 5.51. The van der Waals surface area contributed by atoms with Gasteiger partial charge in [0.05, 0.1) is 12.2 Å². The predicted octanol–water partition coefficient (Wildman–Crippen LogP) is 5.14. The summed E-state index contributed by atoms with van der Waals surface area (Å²) in [7, 11) is 0. The summed E-state index contributed by atoms with van der Waals surface area (Å²) in [4.78, 5) is 17.7. The first kappa shape index (κ1) is 19.3. The van der Waals surface area contributed by atoms with Crippen molar-refractivity contribution in [1.29, 1.82) is 0 Å². The average molecular weight is 431 g/mol. The van der Waals surface area contributed by atoms with Crippen molar-refractivity contribution in [2.24, 2.45) is 0 Å². The van der Waals surface area contributed by atoms with Gasteiger partial charge in [-0.2, -0.15) is 5.10 Å². The molecule has 0 radical (unpaired) electrons. The Morgan fingerprint density at radius 3 is 2.42 bits per heavy atom. The highest BCUT2D eigenvalue weighted by Gasteiger charge is 2.14. The second-order valence-electron chi connectivity index (χ2n) is 7.49. The lowest BCUT2D eigenvalue weighted by atomic mass is 10.1. The molecule has 154 valence electrons. The Kier molecular flexibility index (Phi) is 4.71. The number of oxazole rings is 1. The minimum absolute atomic E-state index is 0.144. The molecule has 0 saturated carbocycles. The quantitative estimate of drug-likeness (QED) is 0.396. The zero-order chi connectivity index (χ0) is 21.5. The number of hydrogen-bond donors (Lipinski definition) is 0. The molecular formula is C24H19ClN4O2. The molecule has 0 bridgehead atoms. The van der Waals surface area contributed by atoms with Crippen LogP contribution in [-0.2, 0) is 6.54 Å². The Morgan fingerprint density at radius 2 is 1.68 bits per heavy atom. The molecule has 0 amide bonds. The van der Waals surface area contributed by atoms with Crippen molar-refractivity contribution in [2.75, 3.05) is 0 Å². The van der Waals surface area contributed by atoms with Gasteiger partial charge in [-0.1, -0.05) is 41.4 Å². The van der Waals surface area contributed by atoms with E-state index in [9.17, 15) is 4.79 Å². The zero-order valence-electron chi connectivity index (χ0n) is 17.0. The highest BCUT2D eigenvalue weighted by Crippen LogP contribution is 2.23. The van der Waals surface area contributed by atoms with Crippen molar-refractivity contribution < 1.29 is 4.42 Å². The van der Waals surface area contributed by atoms with Crippen LogP contribution in [0.25, 0.3) is 28.2 Å². The van der Waals surface area contributed by atoms with Crippen molar-refractivity contribution in [3.05, 3.63) is 99.4 Å². The van der Waals surface area contributed by atoms with Crippen molar-refractivity contribution in [3.8, 4) is 22.7 Å². The van der Waals surface area contributed by atoms with Crippen LogP contribution in [0.2, 0.25) is 5.02 Å². The van der Waals surface area contributed by atoms with Gasteiger partial charge in [-0.25, -0.2) is 9.50 Å². The number of fused-ring (bicyclic) bond motifs is 1. The van der Waals surface area contributed by atoms with Crippen molar-refractivity contribution in [3.63, 3.8) is 0 Å². The number of aromatic nitrogens is 4. The van der Waals surface area contributed by atoms with Crippen LogP contribution in [0.5, 0.6) is 0 Å². The molecule has 2 aromatic carbocycles. The Balaban J connectivity index is 1.48. The van der Waals surface area contributed by atoms with Crippen LogP contribution in [0.15, 0.2) is 76.2 Å². The van der Waals surface area contributed by atoms with Gasteiger partial charge in [0, 0.05) is 28.5 Å². The van der Waals surface area contributed by atoms with Gasteiger partial charge in [0.25, 0.3) is 5.56 Å². The fraction of sp³-hybridized carbons (Fsp3) is 0.125. The third kappa shape index (κ3) is 3.66. The normalized spacial score (nSPS) is 11.3. The van der Waals surface area contributed by atoms with Crippen LogP contribution in [0, 0.1) is 13.8 Å². The first-order chi connectivity index (χ1) is 15.0. The highest BCUT2D eigenvalue weighted by atomic mass is 35.5. The number of nitrogens with zero attached hydrogens (tertiary/aromatic N) is 4. The topological polar surface area (TPSA) is 65.3 Å². The Hall–Kier alpha value is -3.64. The summed E-state index contributed by atoms with van der Waals surface area (Å²) >= 11 is 5.97. The molecule has 0 saturated heterocycles. The lowest BCUT2D eigenvalue weighted by Crippen LogP contribution is -2.22. The van der Waals surface area contributed by atoms with Crippen LogP contribution in [0.3, 0.4) is 0 Å². The molecule has 5 aromatic rings. The number of rotatable bonds is 4. The molecule has 3 heterocycles. The molecule has 0 atom stereocenters. The highest BCUT2D eigenvalue weighted by molar-refractivity contribution is 6.30. The monoisotopic (exact) mass is 430 g/mol.